The van der Waals surface area contributed by atoms with E-state index in [1.807, 2.05) is 6.20 Å². The average Bonchev–Trinajstić information content (AvgIpc) is 3.05. The number of hydrogen-bond acceptors (Lipinski definition) is 6. The predicted molar refractivity (Wildman–Crippen MR) is 99.8 cm³/mol. The number of ether oxygens (including phenoxy) is 1. The molecule has 0 atom stereocenters. The van der Waals surface area contributed by atoms with Crippen molar-refractivity contribution in [3.8, 4) is 0 Å². The maximum Gasteiger partial charge on any atom is 0.226 e. The number of aryl methyl sites for hydroxylation is 1. The van der Waals surface area contributed by atoms with Crippen LogP contribution in [0, 0.1) is 12.8 Å². The van der Waals surface area contributed by atoms with Crippen molar-refractivity contribution in [2.45, 2.75) is 59.1 Å². The molecule has 1 aliphatic heterocycles. The lowest BCUT2D eigenvalue weighted by molar-refractivity contribution is 0.00653. The van der Waals surface area contributed by atoms with Crippen LogP contribution in [0.2, 0.25) is 0 Å². The van der Waals surface area contributed by atoms with Crippen molar-refractivity contribution in [3.63, 3.8) is 0 Å². The number of aromatic nitrogens is 3. The third kappa shape index (κ3) is 5.88. The van der Waals surface area contributed by atoms with E-state index < -0.39 is 0 Å². The van der Waals surface area contributed by atoms with Gasteiger partial charge in [0.2, 0.25) is 5.89 Å². The minimum absolute atomic E-state index is 0.333. The molecule has 0 bridgehead atoms. The number of rotatable bonds is 8. The van der Waals surface area contributed by atoms with Gasteiger partial charge in [-0.25, -0.2) is 0 Å². The smallest absolute Gasteiger partial charge is 0.226 e. The first kappa shape index (κ1) is 19.0. The van der Waals surface area contributed by atoms with E-state index in [2.05, 4.69) is 52.9 Å². The fourth-order valence-electron chi connectivity index (χ4n) is 3.20. The molecule has 0 unspecified atom stereocenters. The van der Waals surface area contributed by atoms with Gasteiger partial charge in [0, 0.05) is 38.7 Å². The van der Waals surface area contributed by atoms with Crippen molar-refractivity contribution >= 4 is 0 Å². The number of hydrogen-bond donors (Lipinski definition) is 0. The molecule has 0 saturated carbocycles. The van der Waals surface area contributed by atoms with Crippen LogP contribution < -0.4 is 0 Å². The van der Waals surface area contributed by atoms with Gasteiger partial charge in [-0.1, -0.05) is 25.1 Å². The van der Waals surface area contributed by atoms with Crippen LogP contribution in [0.3, 0.4) is 0 Å². The van der Waals surface area contributed by atoms with Gasteiger partial charge in [-0.3, -0.25) is 9.88 Å². The summed E-state index contributed by atoms with van der Waals surface area (Å²) in [5.74, 6) is 2.01. The lowest BCUT2D eigenvalue weighted by Gasteiger charge is -2.31. The van der Waals surface area contributed by atoms with Gasteiger partial charge < -0.3 is 9.26 Å². The molecule has 0 N–H and O–H groups in total. The Morgan fingerprint density at radius 3 is 2.77 bits per heavy atom. The Bertz CT molecular complexity index is 661. The molecule has 142 valence electrons. The number of pyridine rings is 1. The molecule has 0 radical (unpaired) electrons. The summed E-state index contributed by atoms with van der Waals surface area (Å²) >= 11 is 0. The second-order valence-corrected chi connectivity index (χ2v) is 7.63. The normalized spacial score (nSPS) is 16.5. The quantitative estimate of drug-likeness (QED) is 0.722. The maximum atomic E-state index is 6.03. The van der Waals surface area contributed by atoms with Crippen LogP contribution in [0.15, 0.2) is 22.9 Å². The highest BCUT2D eigenvalue weighted by molar-refractivity contribution is 5.12. The van der Waals surface area contributed by atoms with Crippen LogP contribution in [-0.4, -0.2) is 45.8 Å². The molecular weight excluding hydrogens is 328 g/mol. The molecule has 3 heterocycles. The van der Waals surface area contributed by atoms with Crippen LogP contribution >= 0.6 is 0 Å². The van der Waals surface area contributed by atoms with Crippen LogP contribution in [0.1, 0.15) is 49.7 Å². The first-order valence-electron chi connectivity index (χ1n) is 9.65. The number of nitrogens with zero attached hydrogens (tertiary/aromatic N) is 4. The minimum atomic E-state index is 0.333. The monoisotopic (exact) mass is 358 g/mol. The van der Waals surface area contributed by atoms with Gasteiger partial charge >= 0.3 is 0 Å². The molecule has 0 aromatic carbocycles. The fraction of sp³-hybridized carbons (Fsp3) is 0.650. The molecular formula is C20H30N4O2. The van der Waals surface area contributed by atoms with E-state index >= 15 is 0 Å². The summed E-state index contributed by atoms with van der Waals surface area (Å²) in [6.07, 6.45) is 5.96. The van der Waals surface area contributed by atoms with Gasteiger partial charge in [-0.15, -0.1) is 0 Å². The lowest BCUT2D eigenvalue weighted by Crippen LogP contribution is -2.37. The molecule has 0 aliphatic carbocycles. The third-order valence-electron chi connectivity index (χ3n) is 4.67. The standard InChI is InChI=1S/C20H30N4O2/c1-15(2)12-20-22-19(23-26-20)8-11-25-18-6-9-24(10-7-18)14-17-5-4-16(3)13-21-17/h4-5,13,15,18H,6-12,14H2,1-3H3. The molecule has 1 fully saturated rings. The van der Waals surface area contributed by atoms with E-state index in [9.17, 15) is 0 Å². The number of likely N-dealkylation sites (tertiary alicyclic amines) is 1. The van der Waals surface area contributed by atoms with Gasteiger partial charge in [0.15, 0.2) is 5.82 Å². The van der Waals surface area contributed by atoms with Gasteiger partial charge in [0.25, 0.3) is 0 Å². The van der Waals surface area contributed by atoms with Crippen molar-refractivity contribution in [2.24, 2.45) is 5.92 Å². The topological polar surface area (TPSA) is 64.3 Å². The van der Waals surface area contributed by atoms with Crippen molar-refractivity contribution < 1.29 is 9.26 Å². The Kier molecular flexibility index (Phi) is 6.74. The molecule has 1 aliphatic rings. The van der Waals surface area contributed by atoms with Gasteiger partial charge in [0.1, 0.15) is 0 Å². The SMILES string of the molecule is Cc1ccc(CN2CCC(OCCc3noc(CC(C)C)n3)CC2)nc1. The first-order valence-corrected chi connectivity index (χ1v) is 9.65. The molecule has 6 heteroatoms. The highest BCUT2D eigenvalue weighted by Gasteiger charge is 2.20. The summed E-state index contributed by atoms with van der Waals surface area (Å²) in [7, 11) is 0. The zero-order valence-corrected chi connectivity index (χ0v) is 16.1. The second kappa shape index (κ2) is 9.24. The Balaban J connectivity index is 1.34. The molecule has 2 aromatic rings. The Labute approximate surface area is 156 Å². The fourth-order valence-corrected chi connectivity index (χ4v) is 3.20. The Hall–Kier alpha value is -1.79. The molecule has 6 nitrogen and oxygen atoms in total. The summed E-state index contributed by atoms with van der Waals surface area (Å²) < 4.78 is 11.3. The van der Waals surface area contributed by atoms with Gasteiger partial charge in [-0.2, -0.15) is 4.98 Å². The predicted octanol–water partition coefficient (Wildman–Crippen LogP) is 3.20. The molecule has 0 amide bonds. The van der Waals surface area contributed by atoms with Crippen LogP contribution in [0.4, 0.5) is 0 Å². The molecule has 3 rings (SSSR count). The van der Waals surface area contributed by atoms with Crippen molar-refractivity contribution in [3.05, 3.63) is 41.3 Å². The van der Waals surface area contributed by atoms with Gasteiger partial charge in [0.05, 0.1) is 18.4 Å². The van der Waals surface area contributed by atoms with E-state index in [4.69, 9.17) is 9.26 Å². The van der Waals surface area contributed by atoms with Crippen LogP contribution in [0.5, 0.6) is 0 Å². The average molecular weight is 358 g/mol. The highest BCUT2D eigenvalue weighted by Crippen LogP contribution is 2.16. The van der Waals surface area contributed by atoms with E-state index in [1.165, 1.54) is 5.56 Å². The highest BCUT2D eigenvalue weighted by atomic mass is 16.5. The molecule has 0 spiro atoms. The van der Waals surface area contributed by atoms with E-state index in [0.29, 0.717) is 18.6 Å². The third-order valence-corrected chi connectivity index (χ3v) is 4.67. The Morgan fingerprint density at radius 1 is 1.27 bits per heavy atom. The van der Waals surface area contributed by atoms with Crippen molar-refractivity contribution in [1.82, 2.24) is 20.0 Å². The second-order valence-electron chi connectivity index (χ2n) is 7.63. The number of piperidine rings is 1. The zero-order valence-electron chi connectivity index (χ0n) is 16.1. The molecule has 2 aromatic heterocycles. The van der Waals surface area contributed by atoms with Crippen LogP contribution in [-0.2, 0) is 24.1 Å². The molecule has 1 saturated heterocycles. The van der Waals surface area contributed by atoms with Crippen molar-refractivity contribution in [2.75, 3.05) is 19.7 Å². The molecule has 26 heavy (non-hydrogen) atoms. The Morgan fingerprint density at radius 2 is 2.08 bits per heavy atom. The lowest BCUT2D eigenvalue weighted by atomic mass is 10.1. The van der Waals surface area contributed by atoms with E-state index in [0.717, 1.165) is 62.7 Å². The largest absolute Gasteiger partial charge is 0.378 e. The maximum absolute atomic E-state index is 6.03. The van der Waals surface area contributed by atoms with Gasteiger partial charge in [-0.05, 0) is 37.3 Å². The first-order chi connectivity index (χ1) is 12.6. The summed E-state index contributed by atoms with van der Waals surface area (Å²) in [6.45, 7) is 10.1. The van der Waals surface area contributed by atoms with E-state index in [1.54, 1.807) is 0 Å². The zero-order chi connectivity index (χ0) is 18.4. The summed E-state index contributed by atoms with van der Waals surface area (Å²) in [4.78, 5) is 11.4. The summed E-state index contributed by atoms with van der Waals surface area (Å²) in [6, 6.07) is 4.25. The van der Waals surface area contributed by atoms with Crippen molar-refractivity contribution in [1.29, 1.82) is 0 Å². The summed E-state index contributed by atoms with van der Waals surface area (Å²) in [5, 5.41) is 4.04. The van der Waals surface area contributed by atoms with Crippen LogP contribution in [0.25, 0.3) is 0 Å². The van der Waals surface area contributed by atoms with E-state index in [-0.39, 0.29) is 0 Å². The minimum Gasteiger partial charge on any atom is -0.378 e. The summed E-state index contributed by atoms with van der Waals surface area (Å²) in [5.41, 5.74) is 2.35.